The zero-order valence-electron chi connectivity index (χ0n) is 10.1. The smallest absolute Gasteiger partial charge is 0.342 e. The van der Waals surface area contributed by atoms with E-state index in [9.17, 15) is 10.1 Å². The van der Waals surface area contributed by atoms with Crippen LogP contribution < -0.4 is 4.74 Å². The molecular formula is C12H10N4O3. The molecule has 1 heterocycles. The third-order valence-electron chi connectivity index (χ3n) is 2.60. The van der Waals surface area contributed by atoms with Gasteiger partial charge in [-0.05, 0) is 29.2 Å². The number of benzene rings is 1. The van der Waals surface area contributed by atoms with Crippen LogP contribution in [0.3, 0.4) is 0 Å². The van der Waals surface area contributed by atoms with E-state index in [2.05, 4.69) is 4.98 Å². The number of nitriles is 1. The molecule has 96 valence electrons. The molecule has 2 rings (SSSR count). The molecule has 1 aromatic carbocycles. The van der Waals surface area contributed by atoms with Gasteiger partial charge in [0.2, 0.25) is 5.82 Å². The molecule has 19 heavy (non-hydrogen) atoms. The molecule has 0 aliphatic carbocycles. The fourth-order valence-electron chi connectivity index (χ4n) is 1.51. The highest BCUT2D eigenvalue weighted by Gasteiger charge is 2.16. The molecular weight excluding hydrogens is 248 g/mol. The molecule has 7 nitrogen and oxygen atoms in total. The van der Waals surface area contributed by atoms with Gasteiger partial charge in [0.1, 0.15) is 11.9 Å². The van der Waals surface area contributed by atoms with Crippen molar-refractivity contribution in [3.05, 3.63) is 52.0 Å². The van der Waals surface area contributed by atoms with E-state index in [1.807, 2.05) is 6.07 Å². The fraction of sp³-hybridized carbons (Fsp3) is 0.167. The zero-order chi connectivity index (χ0) is 13.8. The Labute approximate surface area is 108 Å². The fourth-order valence-corrected chi connectivity index (χ4v) is 1.51. The van der Waals surface area contributed by atoms with Crippen molar-refractivity contribution < 1.29 is 9.66 Å². The first-order chi connectivity index (χ1) is 9.11. The van der Waals surface area contributed by atoms with Crippen molar-refractivity contribution in [1.29, 1.82) is 5.26 Å². The van der Waals surface area contributed by atoms with E-state index < -0.39 is 4.92 Å². The Bertz CT molecular complexity index is 640. The highest BCUT2D eigenvalue weighted by atomic mass is 16.6. The molecule has 0 fully saturated rings. The minimum atomic E-state index is -0.502. The van der Waals surface area contributed by atoms with Crippen molar-refractivity contribution in [2.24, 2.45) is 7.05 Å². The summed E-state index contributed by atoms with van der Waals surface area (Å²) in [5.41, 5.74) is 0.542. The lowest BCUT2D eigenvalue weighted by molar-refractivity contribution is -0.391. The molecule has 0 aliphatic rings. The van der Waals surface area contributed by atoms with E-state index in [1.54, 1.807) is 31.3 Å². The van der Waals surface area contributed by atoms with Crippen molar-refractivity contribution in [2.45, 2.75) is 6.61 Å². The standard InChI is InChI=1S/C12H10N4O3/c1-15-11(14-7-12(15)16(17)18)8-19-10-4-2-9(6-13)3-5-10/h2-5,7H,8H2,1H3. The van der Waals surface area contributed by atoms with Gasteiger partial charge >= 0.3 is 5.82 Å². The van der Waals surface area contributed by atoms with Crippen molar-refractivity contribution in [3.8, 4) is 11.8 Å². The maximum Gasteiger partial charge on any atom is 0.342 e. The number of imidazole rings is 1. The zero-order valence-corrected chi connectivity index (χ0v) is 10.1. The molecule has 1 aromatic heterocycles. The van der Waals surface area contributed by atoms with Crippen molar-refractivity contribution in [2.75, 3.05) is 0 Å². The summed E-state index contributed by atoms with van der Waals surface area (Å²) in [6, 6.07) is 8.60. The molecule has 0 atom stereocenters. The maximum absolute atomic E-state index is 10.7. The summed E-state index contributed by atoms with van der Waals surface area (Å²) in [5, 5.41) is 19.3. The van der Waals surface area contributed by atoms with E-state index in [0.29, 0.717) is 17.1 Å². The normalized spacial score (nSPS) is 9.89. The number of hydrogen-bond acceptors (Lipinski definition) is 5. The first-order valence-corrected chi connectivity index (χ1v) is 5.39. The van der Waals surface area contributed by atoms with Crippen molar-refractivity contribution in [3.63, 3.8) is 0 Å². The van der Waals surface area contributed by atoms with Gasteiger partial charge in [-0.15, -0.1) is 0 Å². The largest absolute Gasteiger partial charge is 0.483 e. The van der Waals surface area contributed by atoms with Gasteiger partial charge < -0.3 is 14.9 Å². The molecule has 0 amide bonds. The van der Waals surface area contributed by atoms with Crippen LogP contribution in [0.1, 0.15) is 11.4 Å². The Kier molecular flexibility index (Phi) is 3.43. The van der Waals surface area contributed by atoms with E-state index in [1.165, 1.54) is 10.8 Å². The van der Waals surface area contributed by atoms with Gasteiger partial charge in [0.05, 0.1) is 18.7 Å². The average Bonchev–Trinajstić information content (AvgIpc) is 2.78. The van der Waals surface area contributed by atoms with Gasteiger partial charge in [0.15, 0.2) is 6.61 Å². The monoisotopic (exact) mass is 258 g/mol. The minimum Gasteiger partial charge on any atom is -0.483 e. The number of hydrogen-bond donors (Lipinski definition) is 0. The summed E-state index contributed by atoms with van der Waals surface area (Å²) in [4.78, 5) is 14.1. The summed E-state index contributed by atoms with van der Waals surface area (Å²) in [6.07, 6.45) is 1.19. The maximum atomic E-state index is 10.7. The Morgan fingerprint density at radius 2 is 2.16 bits per heavy atom. The number of nitrogens with zero attached hydrogens (tertiary/aromatic N) is 4. The number of rotatable bonds is 4. The predicted molar refractivity (Wildman–Crippen MR) is 65.4 cm³/mol. The van der Waals surface area contributed by atoms with E-state index in [4.69, 9.17) is 10.00 Å². The van der Waals surface area contributed by atoms with Gasteiger partial charge in [-0.25, -0.2) is 9.55 Å². The van der Waals surface area contributed by atoms with Crippen LogP contribution in [0.25, 0.3) is 0 Å². The van der Waals surface area contributed by atoms with E-state index in [-0.39, 0.29) is 12.4 Å². The van der Waals surface area contributed by atoms with E-state index >= 15 is 0 Å². The molecule has 0 saturated carbocycles. The quantitative estimate of drug-likeness (QED) is 0.615. The second-order valence-electron chi connectivity index (χ2n) is 3.77. The Morgan fingerprint density at radius 1 is 1.47 bits per heavy atom. The molecule has 0 bridgehead atoms. The molecule has 7 heteroatoms. The van der Waals surface area contributed by atoms with Gasteiger partial charge in [-0.2, -0.15) is 5.26 Å². The number of aromatic nitrogens is 2. The minimum absolute atomic E-state index is 0.0848. The first-order valence-electron chi connectivity index (χ1n) is 5.39. The van der Waals surface area contributed by atoms with Crippen molar-refractivity contribution in [1.82, 2.24) is 9.55 Å². The summed E-state index contributed by atoms with van der Waals surface area (Å²) < 4.78 is 6.81. The highest BCUT2D eigenvalue weighted by Crippen LogP contribution is 2.16. The van der Waals surface area contributed by atoms with Gasteiger partial charge in [0.25, 0.3) is 0 Å². The van der Waals surface area contributed by atoms with Crippen LogP contribution >= 0.6 is 0 Å². The third kappa shape index (κ3) is 2.69. The molecule has 0 radical (unpaired) electrons. The summed E-state index contributed by atoms with van der Waals surface area (Å²) in [6.45, 7) is 0.121. The second-order valence-corrected chi connectivity index (χ2v) is 3.77. The molecule has 0 unspecified atom stereocenters. The SMILES string of the molecule is Cn1c([N+](=O)[O-])cnc1COc1ccc(C#N)cc1. The van der Waals surface area contributed by atoms with Gasteiger partial charge in [-0.3, -0.25) is 0 Å². The molecule has 0 saturated heterocycles. The summed E-state index contributed by atoms with van der Waals surface area (Å²) >= 11 is 0. The topological polar surface area (TPSA) is 94.0 Å². The number of ether oxygens (including phenoxy) is 1. The lowest BCUT2D eigenvalue weighted by Crippen LogP contribution is -2.05. The first kappa shape index (κ1) is 12.6. The van der Waals surface area contributed by atoms with Gasteiger partial charge in [0, 0.05) is 0 Å². The van der Waals surface area contributed by atoms with E-state index in [0.717, 1.165) is 0 Å². The average molecular weight is 258 g/mol. The van der Waals surface area contributed by atoms with Crippen LogP contribution in [0.5, 0.6) is 5.75 Å². The predicted octanol–water partition coefficient (Wildman–Crippen LogP) is 1.78. The Morgan fingerprint density at radius 3 is 2.68 bits per heavy atom. The molecule has 0 aliphatic heterocycles. The second kappa shape index (κ2) is 5.18. The highest BCUT2D eigenvalue weighted by molar-refractivity contribution is 5.34. The van der Waals surface area contributed by atoms with Crippen LogP contribution in [-0.2, 0) is 13.7 Å². The lowest BCUT2D eigenvalue weighted by atomic mass is 10.2. The van der Waals surface area contributed by atoms with Crippen LogP contribution in [0.4, 0.5) is 5.82 Å². The molecule has 0 spiro atoms. The summed E-state index contributed by atoms with van der Waals surface area (Å²) in [7, 11) is 1.56. The Hall–Kier alpha value is -2.88. The van der Waals surface area contributed by atoms with Crippen LogP contribution in [-0.4, -0.2) is 14.5 Å². The summed E-state index contributed by atoms with van der Waals surface area (Å²) in [5.74, 6) is 0.944. The van der Waals surface area contributed by atoms with Gasteiger partial charge in [-0.1, -0.05) is 0 Å². The van der Waals surface area contributed by atoms with Crippen LogP contribution in [0.15, 0.2) is 30.5 Å². The lowest BCUT2D eigenvalue weighted by Gasteiger charge is -2.04. The number of nitro groups is 1. The van der Waals surface area contributed by atoms with Crippen LogP contribution in [0, 0.1) is 21.4 Å². The molecule has 2 aromatic rings. The third-order valence-corrected chi connectivity index (χ3v) is 2.60. The van der Waals surface area contributed by atoms with Crippen molar-refractivity contribution >= 4 is 5.82 Å². The van der Waals surface area contributed by atoms with Crippen LogP contribution in [0.2, 0.25) is 0 Å². The molecule has 0 N–H and O–H groups in total. The Balaban J connectivity index is 2.06.